The van der Waals surface area contributed by atoms with Crippen LogP contribution in [0.4, 0.5) is 0 Å². The Morgan fingerprint density at radius 2 is 1.61 bits per heavy atom. The standard InChI is InChI=1S/C17H14N/c1-12-10-18-11-13-6-2-3-8-15(13)17(18)16-9-5-4-7-14(12)16/h2-10H,11H2,1H3/q+1. The summed E-state index contributed by atoms with van der Waals surface area (Å²) in [6, 6.07) is 17.4. The third-order valence-electron chi connectivity index (χ3n) is 3.86. The summed E-state index contributed by atoms with van der Waals surface area (Å²) in [6.45, 7) is 3.19. The summed E-state index contributed by atoms with van der Waals surface area (Å²) in [5.41, 5.74) is 5.52. The molecule has 0 spiro atoms. The number of hydrogen-bond acceptors (Lipinski definition) is 0. The average Bonchev–Trinajstić information content (AvgIpc) is 2.77. The number of fused-ring (bicyclic) bond motifs is 5. The summed E-state index contributed by atoms with van der Waals surface area (Å²) in [7, 11) is 0. The molecule has 86 valence electrons. The molecule has 0 aliphatic carbocycles. The Bertz CT molecular complexity index is 772. The van der Waals surface area contributed by atoms with E-state index >= 15 is 0 Å². The van der Waals surface area contributed by atoms with Crippen molar-refractivity contribution < 1.29 is 4.57 Å². The van der Waals surface area contributed by atoms with Crippen LogP contribution < -0.4 is 4.57 Å². The molecule has 0 bridgehead atoms. The van der Waals surface area contributed by atoms with Crippen molar-refractivity contribution in [2.75, 3.05) is 0 Å². The third-order valence-corrected chi connectivity index (χ3v) is 3.86. The fraction of sp³-hybridized carbons (Fsp3) is 0.118. The van der Waals surface area contributed by atoms with Gasteiger partial charge in [0.15, 0.2) is 12.7 Å². The van der Waals surface area contributed by atoms with Crippen LogP contribution in [-0.4, -0.2) is 0 Å². The first-order valence-electron chi connectivity index (χ1n) is 6.34. The van der Waals surface area contributed by atoms with E-state index in [-0.39, 0.29) is 0 Å². The quantitative estimate of drug-likeness (QED) is 0.409. The van der Waals surface area contributed by atoms with E-state index in [2.05, 4.69) is 66.2 Å². The Morgan fingerprint density at radius 3 is 2.50 bits per heavy atom. The Kier molecular flexibility index (Phi) is 1.87. The maximum absolute atomic E-state index is 2.38. The molecule has 0 atom stereocenters. The van der Waals surface area contributed by atoms with E-state index < -0.39 is 0 Å². The predicted molar refractivity (Wildman–Crippen MR) is 73.4 cm³/mol. The second-order valence-electron chi connectivity index (χ2n) is 4.99. The monoisotopic (exact) mass is 232 g/mol. The normalized spacial score (nSPS) is 12.5. The first kappa shape index (κ1) is 9.84. The van der Waals surface area contributed by atoms with E-state index in [9.17, 15) is 0 Å². The molecule has 2 heterocycles. The third kappa shape index (κ3) is 1.19. The number of benzene rings is 2. The highest BCUT2D eigenvalue weighted by atomic mass is 15.0. The van der Waals surface area contributed by atoms with Crippen molar-refractivity contribution in [3.05, 3.63) is 65.9 Å². The van der Waals surface area contributed by atoms with Crippen molar-refractivity contribution in [1.82, 2.24) is 0 Å². The lowest BCUT2D eigenvalue weighted by atomic mass is 10.0. The van der Waals surface area contributed by atoms with Gasteiger partial charge in [0.1, 0.15) is 0 Å². The zero-order chi connectivity index (χ0) is 12.1. The van der Waals surface area contributed by atoms with Gasteiger partial charge in [-0.2, -0.15) is 4.57 Å². The van der Waals surface area contributed by atoms with Crippen LogP contribution in [-0.2, 0) is 6.54 Å². The van der Waals surface area contributed by atoms with Crippen LogP contribution in [0, 0.1) is 6.92 Å². The number of pyridine rings is 1. The molecule has 0 unspecified atom stereocenters. The number of aryl methyl sites for hydroxylation is 1. The first-order chi connectivity index (χ1) is 8.84. The molecule has 1 heteroatoms. The molecular weight excluding hydrogens is 218 g/mol. The highest BCUT2D eigenvalue weighted by Crippen LogP contribution is 2.33. The molecule has 0 saturated heterocycles. The van der Waals surface area contributed by atoms with Gasteiger partial charge in [-0.1, -0.05) is 36.4 Å². The largest absolute Gasteiger partial charge is 0.221 e. The Labute approximate surface area is 106 Å². The van der Waals surface area contributed by atoms with Crippen molar-refractivity contribution in [2.24, 2.45) is 0 Å². The highest BCUT2D eigenvalue weighted by Gasteiger charge is 2.28. The van der Waals surface area contributed by atoms with Gasteiger partial charge < -0.3 is 0 Å². The van der Waals surface area contributed by atoms with Crippen LogP contribution in [0.3, 0.4) is 0 Å². The van der Waals surface area contributed by atoms with E-state index in [0.717, 1.165) is 6.54 Å². The molecule has 1 aliphatic rings. The van der Waals surface area contributed by atoms with Crippen LogP contribution in [0.2, 0.25) is 0 Å². The summed E-state index contributed by atoms with van der Waals surface area (Å²) in [5.74, 6) is 0. The molecule has 0 N–H and O–H groups in total. The van der Waals surface area contributed by atoms with Gasteiger partial charge in [0, 0.05) is 11.1 Å². The van der Waals surface area contributed by atoms with Gasteiger partial charge in [0.2, 0.25) is 5.69 Å². The van der Waals surface area contributed by atoms with Crippen LogP contribution in [0.5, 0.6) is 0 Å². The smallest absolute Gasteiger partial charge is 0.193 e. The minimum Gasteiger partial charge on any atom is -0.193 e. The van der Waals surface area contributed by atoms with Crippen molar-refractivity contribution in [3.63, 3.8) is 0 Å². The van der Waals surface area contributed by atoms with E-state index in [1.165, 1.54) is 33.2 Å². The number of rotatable bonds is 0. The van der Waals surface area contributed by atoms with E-state index in [0.29, 0.717) is 0 Å². The van der Waals surface area contributed by atoms with Crippen molar-refractivity contribution in [1.29, 1.82) is 0 Å². The molecule has 18 heavy (non-hydrogen) atoms. The maximum atomic E-state index is 2.38. The average molecular weight is 232 g/mol. The second kappa shape index (κ2) is 3.42. The fourth-order valence-corrected chi connectivity index (χ4v) is 3.05. The van der Waals surface area contributed by atoms with Gasteiger partial charge in [0.05, 0.1) is 10.9 Å². The molecule has 0 amide bonds. The molecule has 1 aromatic heterocycles. The van der Waals surface area contributed by atoms with E-state index in [1.54, 1.807) is 0 Å². The summed E-state index contributed by atoms with van der Waals surface area (Å²) in [6.07, 6.45) is 2.28. The van der Waals surface area contributed by atoms with E-state index in [4.69, 9.17) is 0 Å². The Balaban J connectivity index is 2.19. The van der Waals surface area contributed by atoms with Gasteiger partial charge in [0.25, 0.3) is 0 Å². The molecule has 0 fully saturated rings. The van der Waals surface area contributed by atoms with Gasteiger partial charge in [-0.15, -0.1) is 0 Å². The molecule has 1 aliphatic heterocycles. The summed E-state index contributed by atoms with van der Waals surface area (Å²) in [4.78, 5) is 0. The number of nitrogens with zero attached hydrogens (tertiary/aromatic N) is 1. The zero-order valence-corrected chi connectivity index (χ0v) is 10.4. The molecule has 0 radical (unpaired) electrons. The van der Waals surface area contributed by atoms with Crippen molar-refractivity contribution in [2.45, 2.75) is 13.5 Å². The molecular formula is C17H14N+. The van der Waals surface area contributed by atoms with Gasteiger partial charge in [-0.3, -0.25) is 0 Å². The van der Waals surface area contributed by atoms with Crippen LogP contribution in [0.25, 0.3) is 22.0 Å². The zero-order valence-electron chi connectivity index (χ0n) is 10.4. The minimum atomic E-state index is 0.997. The summed E-state index contributed by atoms with van der Waals surface area (Å²) >= 11 is 0. The molecule has 1 nitrogen and oxygen atoms in total. The Morgan fingerprint density at radius 1 is 0.889 bits per heavy atom. The van der Waals surface area contributed by atoms with Crippen molar-refractivity contribution >= 4 is 10.8 Å². The minimum absolute atomic E-state index is 0.997. The lowest BCUT2D eigenvalue weighted by Crippen LogP contribution is -2.32. The van der Waals surface area contributed by atoms with E-state index in [1.807, 2.05) is 0 Å². The fourth-order valence-electron chi connectivity index (χ4n) is 3.05. The topological polar surface area (TPSA) is 3.88 Å². The summed E-state index contributed by atoms with van der Waals surface area (Å²) < 4.78 is 2.38. The molecule has 4 rings (SSSR count). The van der Waals surface area contributed by atoms with Crippen molar-refractivity contribution in [3.8, 4) is 11.3 Å². The lowest BCUT2D eigenvalue weighted by Gasteiger charge is -2.03. The molecule has 0 saturated carbocycles. The van der Waals surface area contributed by atoms with Gasteiger partial charge in [-0.25, -0.2) is 0 Å². The number of aromatic nitrogens is 1. The molecule has 2 aromatic carbocycles. The second-order valence-corrected chi connectivity index (χ2v) is 4.99. The highest BCUT2D eigenvalue weighted by molar-refractivity contribution is 5.95. The predicted octanol–water partition coefficient (Wildman–Crippen LogP) is 3.46. The van der Waals surface area contributed by atoms with Gasteiger partial charge in [-0.05, 0) is 24.4 Å². The van der Waals surface area contributed by atoms with Crippen LogP contribution >= 0.6 is 0 Å². The van der Waals surface area contributed by atoms with Gasteiger partial charge >= 0.3 is 0 Å². The SMILES string of the molecule is Cc1c[n+]2c(c3ccccc13)-c1ccccc1C2. The first-order valence-corrected chi connectivity index (χ1v) is 6.34. The number of hydrogen-bond donors (Lipinski definition) is 0. The molecule has 3 aromatic rings. The summed E-state index contributed by atoms with van der Waals surface area (Å²) in [5, 5.41) is 2.72. The van der Waals surface area contributed by atoms with Crippen LogP contribution in [0.1, 0.15) is 11.1 Å². The Hall–Kier alpha value is -2.15. The maximum Gasteiger partial charge on any atom is 0.221 e. The van der Waals surface area contributed by atoms with Crippen LogP contribution in [0.15, 0.2) is 54.7 Å². The lowest BCUT2D eigenvalue weighted by molar-refractivity contribution is -0.671.